The van der Waals surface area contributed by atoms with Gasteiger partial charge in [0.1, 0.15) is 5.75 Å². The molecule has 0 radical (unpaired) electrons. The van der Waals surface area contributed by atoms with Crippen LogP contribution in [0.15, 0.2) is 18.2 Å². The Labute approximate surface area is 95.8 Å². The molecule has 1 heterocycles. The number of hydrogen-bond donors (Lipinski definition) is 2. The standard InChI is InChI=1S/C12H18N2O2/c1-10-2-3-12(15)11(8-10)9-13-14-4-6-16-7-5-14/h2-3,8,13,15H,4-7,9H2,1H3. The van der Waals surface area contributed by atoms with E-state index in [9.17, 15) is 5.11 Å². The van der Waals surface area contributed by atoms with Gasteiger partial charge in [0.25, 0.3) is 0 Å². The SMILES string of the molecule is Cc1ccc(O)c(CNN2CCOCC2)c1. The molecule has 0 atom stereocenters. The molecule has 0 spiro atoms. The molecular weight excluding hydrogens is 204 g/mol. The third kappa shape index (κ3) is 2.95. The highest BCUT2D eigenvalue weighted by Gasteiger charge is 2.10. The minimum Gasteiger partial charge on any atom is -0.508 e. The van der Waals surface area contributed by atoms with Gasteiger partial charge in [-0.2, -0.15) is 0 Å². The van der Waals surface area contributed by atoms with E-state index in [2.05, 4.69) is 10.4 Å². The van der Waals surface area contributed by atoms with Crippen LogP contribution in [0.4, 0.5) is 0 Å². The minimum absolute atomic E-state index is 0.353. The van der Waals surface area contributed by atoms with Crippen molar-refractivity contribution in [3.8, 4) is 5.75 Å². The van der Waals surface area contributed by atoms with Crippen LogP contribution in [-0.4, -0.2) is 36.4 Å². The molecule has 0 aliphatic carbocycles. The van der Waals surface area contributed by atoms with E-state index in [1.54, 1.807) is 6.07 Å². The Hall–Kier alpha value is -1.10. The van der Waals surface area contributed by atoms with Crippen LogP contribution in [0.25, 0.3) is 0 Å². The number of aryl methyl sites for hydroxylation is 1. The summed E-state index contributed by atoms with van der Waals surface area (Å²) in [4.78, 5) is 0. The maximum absolute atomic E-state index is 9.68. The van der Waals surface area contributed by atoms with E-state index in [0.717, 1.165) is 37.4 Å². The Morgan fingerprint density at radius 2 is 2.12 bits per heavy atom. The van der Waals surface area contributed by atoms with Gasteiger partial charge in [0.15, 0.2) is 0 Å². The quantitative estimate of drug-likeness (QED) is 0.802. The molecule has 88 valence electrons. The fourth-order valence-electron chi connectivity index (χ4n) is 1.77. The topological polar surface area (TPSA) is 44.7 Å². The summed E-state index contributed by atoms with van der Waals surface area (Å²) in [5.74, 6) is 0.353. The molecule has 4 heteroatoms. The first-order valence-corrected chi connectivity index (χ1v) is 5.60. The first kappa shape index (κ1) is 11.4. The summed E-state index contributed by atoms with van der Waals surface area (Å²) >= 11 is 0. The molecule has 16 heavy (non-hydrogen) atoms. The van der Waals surface area contributed by atoms with Crippen LogP contribution >= 0.6 is 0 Å². The van der Waals surface area contributed by atoms with Crippen molar-refractivity contribution in [3.63, 3.8) is 0 Å². The molecule has 1 aliphatic rings. The van der Waals surface area contributed by atoms with Gasteiger partial charge in [-0.1, -0.05) is 17.7 Å². The summed E-state index contributed by atoms with van der Waals surface area (Å²) in [6.07, 6.45) is 0. The average molecular weight is 222 g/mol. The summed E-state index contributed by atoms with van der Waals surface area (Å²) in [6, 6.07) is 5.65. The maximum atomic E-state index is 9.68. The van der Waals surface area contributed by atoms with Gasteiger partial charge in [0.2, 0.25) is 0 Å². The summed E-state index contributed by atoms with van der Waals surface area (Å²) in [7, 11) is 0. The number of phenolic OH excluding ortho intramolecular Hbond substituents is 1. The fourth-order valence-corrected chi connectivity index (χ4v) is 1.77. The lowest BCUT2D eigenvalue weighted by atomic mass is 10.1. The van der Waals surface area contributed by atoms with E-state index in [0.29, 0.717) is 12.3 Å². The highest BCUT2D eigenvalue weighted by molar-refractivity contribution is 5.35. The molecule has 0 unspecified atom stereocenters. The fraction of sp³-hybridized carbons (Fsp3) is 0.500. The van der Waals surface area contributed by atoms with Crippen LogP contribution in [0.1, 0.15) is 11.1 Å². The van der Waals surface area contributed by atoms with E-state index in [-0.39, 0.29) is 0 Å². The molecule has 2 N–H and O–H groups in total. The van der Waals surface area contributed by atoms with Gasteiger partial charge in [-0.05, 0) is 13.0 Å². The molecule has 1 aromatic rings. The lowest BCUT2D eigenvalue weighted by Gasteiger charge is -2.27. The Balaban J connectivity index is 1.90. The van der Waals surface area contributed by atoms with Gasteiger partial charge in [-0.25, -0.2) is 5.01 Å². The molecular formula is C12H18N2O2. The zero-order valence-corrected chi connectivity index (χ0v) is 9.57. The predicted octanol–water partition coefficient (Wildman–Crippen LogP) is 1.04. The lowest BCUT2D eigenvalue weighted by Crippen LogP contribution is -2.45. The molecule has 1 aliphatic heterocycles. The highest BCUT2D eigenvalue weighted by atomic mass is 16.5. The largest absolute Gasteiger partial charge is 0.508 e. The van der Waals surface area contributed by atoms with E-state index < -0.39 is 0 Å². The van der Waals surface area contributed by atoms with Crippen LogP contribution in [0.2, 0.25) is 0 Å². The number of nitrogens with one attached hydrogen (secondary N) is 1. The second-order valence-electron chi connectivity index (χ2n) is 4.07. The van der Waals surface area contributed by atoms with Crippen molar-refractivity contribution >= 4 is 0 Å². The van der Waals surface area contributed by atoms with E-state index in [1.807, 2.05) is 19.1 Å². The van der Waals surface area contributed by atoms with Gasteiger partial charge >= 0.3 is 0 Å². The van der Waals surface area contributed by atoms with Crippen molar-refractivity contribution < 1.29 is 9.84 Å². The number of ether oxygens (including phenoxy) is 1. The number of rotatable bonds is 3. The third-order valence-corrected chi connectivity index (χ3v) is 2.74. The average Bonchev–Trinajstić information content (AvgIpc) is 2.32. The van der Waals surface area contributed by atoms with E-state index in [4.69, 9.17) is 4.74 Å². The Kier molecular flexibility index (Phi) is 3.77. The molecule has 1 fully saturated rings. The van der Waals surface area contributed by atoms with Crippen molar-refractivity contribution in [2.45, 2.75) is 13.5 Å². The summed E-state index contributed by atoms with van der Waals surface area (Å²) in [5, 5.41) is 11.8. The van der Waals surface area contributed by atoms with Crippen LogP contribution in [0.5, 0.6) is 5.75 Å². The monoisotopic (exact) mass is 222 g/mol. The number of hydrazine groups is 1. The van der Waals surface area contributed by atoms with Gasteiger partial charge in [-0.3, -0.25) is 5.43 Å². The van der Waals surface area contributed by atoms with Crippen molar-refractivity contribution in [2.24, 2.45) is 0 Å². The molecule has 1 saturated heterocycles. The Bertz CT molecular complexity index is 349. The molecule has 0 saturated carbocycles. The number of benzene rings is 1. The summed E-state index contributed by atoms with van der Waals surface area (Å²) in [6.45, 7) is 6.02. The number of aromatic hydroxyl groups is 1. The Morgan fingerprint density at radius 1 is 1.38 bits per heavy atom. The normalized spacial score (nSPS) is 17.6. The van der Waals surface area contributed by atoms with Crippen LogP contribution in [0.3, 0.4) is 0 Å². The lowest BCUT2D eigenvalue weighted by molar-refractivity contribution is 0.0105. The smallest absolute Gasteiger partial charge is 0.120 e. The zero-order valence-electron chi connectivity index (χ0n) is 9.57. The van der Waals surface area contributed by atoms with E-state index in [1.165, 1.54) is 0 Å². The number of hydrogen-bond acceptors (Lipinski definition) is 4. The molecule has 4 nitrogen and oxygen atoms in total. The van der Waals surface area contributed by atoms with E-state index >= 15 is 0 Å². The first-order chi connectivity index (χ1) is 7.75. The van der Waals surface area contributed by atoms with Gasteiger partial charge in [0, 0.05) is 25.2 Å². The number of nitrogens with zero attached hydrogens (tertiary/aromatic N) is 1. The van der Waals surface area contributed by atoms with Crippen molar-refractivity contribution in [1.82, 2.24) is 10.4 Å². The Morgan fingerprint density at radius 3 is 2.88 bits per heavy atom. The molecule has 1 aromatic carbocycles. The zero-order chi connectivity index (χ0) is 11.4. The van der Waals surface area contributed by atoms with Crippen molar-refractivity contribution in [1.29, 1.82) is 0 Å². The minimum atomic E-state index is 0.353. The summed E-state index contributed by atoms with van der Waals surface area (Å²) in [5.41, 5.74) is 5.40. The van der Waals surface area contributed by atoms with Gasteiger partial charge < -0.3 is 9.84 Å². The molecule has 0 bridgehead atoms. The second-order valence-corrected chi connectivity index (χ2v) is 4.07. The predicted molar refractivity (Wildman–Crippen MR) is 62.1 cm³/mol. The van der Waals surface area contributed by atoms with Gasteiger partial charge in [-0.15, -0.1) is 0 Å². The first-order valence-electron chi connectivity index (χ1n) is 5.60. The van der Waals surface area contributed by atoms with Crippen LogP contribution in [0, 0.1) is 6.92 Å². The highest BCUT2D eigenvalue weighted by Crippen LogP contribution is 2.17. The molecule has 0 aromatic heterocycles. The van der Waals surface area contributed by atoms with Gasteiger partial charge in [0.05, 0.1) is 13.2 Å². The maximum Gasteiger partial charge on any atom is 0.120 e. The molecule has 0 amide bonds. The van der Waals surface area contributed by atoms with Crippen LogP contribution < -0.4 is 5.43 Å². The molecule has 2 rings (SSSR count). The van der Waals surface area contributed by atoms with Crippen LogP contribution in [-0.2, 0) is 11.3 Å². The second kappa shape index (κ2) is 5.30. The number of phenols is 1. The number of morpholine rings is 1. The third-order valence-electron chi connectivity index (χ3n) is 2.74. The van der Waals surface area contributed by atoms with Crippen molar-refractivity contribution in [2.75, 3.05) is 26.3 Å². The summed E-state index contributed by atoms with van der Waals surface area (Å²) < 4.78 is 5.26. The van der Waals surface area contributed by atoms with Crippen molar-refractivity contribution in [3.05, 3.63) is 29.3 Å².